The second kappa shape index (κ2) is 6.80. The molecule has 0 bridgehead atoms. The van der Waals surface area contributed by atoms with Crippen LogP contribution in [0.4, 0.5) is 17.2 Å². The minimum absolute atomic E-state index is 0.0588. The predicted molar refractivity (Wildman–Crippen MR) is 91.5 cm³/mol. The highest BCUT2D eigenvalue weighted by Gasteiger charge is 2.06. The Kier molecular flexibility index (Phi) is 4.39. The number of rotatable bonds is 4. The molecule has 3 aromatic rings. The number of aromatic nitrogens is 2. The van der Waals surface area contributed by atoms with Gasteiger partial charge in [0.25, 0.3) is 0 Å². The van der Waals surface area contributed by atoms with Gasteiger partial charge in [-0.2, -0.15) is 0 Å². The van der Waals surface area contributed by atoms with Gasteiger partial charge in [0.05, 0.1) is 13.3 Å². The Labute approximate surface area is 137 Å². The molecular weight excluding hydrogens is 306 g/mol. The molecule has 0 unspecified atom stereocenters. The Bertz CT molecular complexity index is 906. The minimum Gasteiger partial charge on any atom is -0.382 e. The highest BCUT2D eigenvalue weighted by atomic mass is 16.6. The van der Waals surface area contributed by atoms with Crippen molar-refractivity contribution in [1.82, 2.24) is 15.4 Å². The minimum atomic E-state index is 0.0588. The largest absolute Gasteiger partial charge is 0.382 e. The van der Waals surface area contributed by atoms with Crippen molar-refractivity contribution in [2.24, 2.45) is 10.2 Å². The maximum atomic E-state index is 7.68. The van der Waals surface area contributed by atoms with E-state index in [4.69, 9.17) is 11.1 Å². The van der Waals surface area contributed by atoms with Gasteiger partial charge in [0.15, 0.2) is 11.7 Å². The molecule has 2 aromatic heterocycles. The molecule has 3 rings (SSSR count). The molecule has 120 valence electrons. The number of amidine groups is 1. The molecule has 0 saturated carbocycles. The first kappa shape index (κ1) is 15.5. The van der Waals surface area contributed by atoms with Crippen LogP contribution in [0.1, 0.15) is 5.69 Å². The second-order valence-corrected chi connectivity index (χ2v) is 4.86. The summed E-state index contributed by atoms with van der Waals surface area (Å²) >= 11 is 0. The zero-order chi connectivity index (χ0) is 16.9. The van der Waals surface area contributed by atoms with Crippen molar-refractivity contribution in [1.29, 1.82) is 5.41 Å². The smallest absolute Gasteiger partial charge is 0.168 e. The summed E-state index contributed by atoms with van der Waals surface area (Å²) in [5, 5.41) is 17.9. The fraction of sp³-hybridized carbons (Fsp3) is 0.0625. The highest BCUT2D eigenvalue weighted by Crippen LogP contribution is 2.31. The summed E-state index contributed by atoms with van der Waals surface area (Å²) in [6.45, 7) is 0. The molecule has 4 N–H and O–H groups in total. The Morgan fingerprint density at radius 1 is 1.12 bits per heavy atom. The van der Waals surface area contributed by atoms with Gasteiger partial charge in [-0.1, -0.05) is 24.3 Å². The zero-order valence-electron chi connectivity index (χ0n) is 12.9. The number of hydrogen-bond acceptors (Lipinski definition) is 7. The standard InChI is InChI=1S/C16H15N7O/c1-24-23-15(17)13-7-6-11(9-19-13)21-22-14-12-5-3-2-4-10(12)8-20-16(14)18/h2-9H,1H3,(H2,17,23)(H2,18,20)/b22-21+. The topological polar surface area (TPSA) is 122 Å². The Morgan fingerprint density at radius 3 is 2.71 bits per heavy atom. The van der Waals surface area contributed by atoms with Gasteiger partial charge in [-0.05, 0) is 12.1 Å². The fourth-order valence-electron chi connectivity index (χ4n) is 2.12. The van der Waals surface area contributed by atoms with Gasteiger partial charge in [0, 0.05) is 17.0 Å². The quantitative estimate of drug-likeness (QED) is 0.295. The molecular formula is C16H15N7O. The van der Waals surface area contributed by atoms with Crippen LogP contribution in [0.5, 0.6) is 0 Å². The van der Waals surface area contributed by atoms with E-state index in [9.17, 15) is 0 Å². The molecule has 8 nitrogen and oxygen atoms in total. The summed E-state index contributed by atoms with van der Waals surface area (Å²) < 4.78 is 0. The van der Waals surface area contributed by atoms with E-state index in [1.165, 1.54) is 13.3 Å². The van der Waals surface area contributed by atoms with E-state index in [1.54, 1.807) is 18.3 Å². The van der Waals surface area contributed by atoms with E-state index in [0.717, 1.165) is 10.8 Å². The number of hydroxylamine groups is 1. The molecule has 8 heteroatoms. The number of nitrogens with zero attached hydrogens (tertiary/aromatic N) is 4. The number of nitrogens with two attached hydrogens (primary N) is 1. The van der Waals surface area contributed by atoms with E-state index in [1.807, 2.05) is 24.3 Å². The third-order valence-electron chi connectivity index (χ3n) is 3.27. The average molecular weight is 321 g/mol. The summed E-state index contributed by atoms with van der Waals surface area (Å²) in [6.07, 6.45) is 3.22. The molecule has 0 aliphatic rings. The molecule has 0 atom stereocenters. The van der Waals surface area contributed by atoms with Crippen molar-refractivity contribution in [3.8, 4) is 0 Å². The maximum absolute atomic E-state index is 7.68. The van der Waals surface area contributed by atoms with Crippen LogP contribution in [-0.2, 0) is 4.84 Å². The van der Waals surface area contributed by atoms with E-state index in [0.29, 0.717) is 22.9 Å². The van der Waals surface area contributed by atoms with Gasteiger partial charge in [-0.3, -0.25) is 15.2 Å². The van der Waals surface area contributed by atoms with Crippen LogP contribution in [0.2, 0.25) is 0 Å². The van der Waals surface area contributed by atoms with Crippen LogP contribution in [-0.4, -0.2) is 22.9 Å². The average Bonchev–Trinajstić information content (AvgIpc) is 2.61. The summed E-state index contributed by atoms with van der Waals surface area (Å²) in [7, 11) is 1.43. The molecule has 0 aliphatic carbocycles. The van der Waals surface area contributed by atoms with Crippen LogP contribution >= 0.6 is 0 Å². The van der Waals surface area contributed by atoms with E-state index in [-0.39, 0.29) is 5.84 Å². The van der Waals surface area contributed by atoms with Crippen LogP contribution in [0.3, 0.4) is 0 Å². The summed E-state index contributed by atoms with van der Waals surface area (Å²) in [4.78, 5) is 12.9. The monoisotopic (exact) mass is 321 g/mol. The van der Waals surface area contributed by atoms with Gasteiger partial charge in [-0.25, -0.2) is 10.5 Å². The molecule has 2 heterocycles. The van der Waals surface area contributed by atoms with Gasteiger partial charge < -0.3 is 5.73 Å². The third kappa shape index (κ3) is 3.18. The lowest BCUT2D eigenvalue weighted by atomic mass is 10.1. The summed E-state index contributed by atoms with van der Waals surface area (Å²) in [5.41, 5.74) is 9.82. The van der Waals surface area contributed by atoms with Gasteiger partial charge in [0.1, 0.15) is 17.1 Å². The number of nitrogen functional groups attached to an aromatic ring is 1. The molecule has 0 fully saturated rings. The number of fused-ring (bicyclic) bond motifs is 1. The van der Waals surface area contributed by atoms with Crippen molar-refractivity contribution < 1.29 is 4.84 Å². The SMILES string of the molecule is CONC(=N)c1ccc(/N=N/c2c(N)ncc3ccccc23)cn1. The molecule has 24 heavy (non-hydrogen) atoms. The Morgan fingerprint density at radius 2 is 1.96 bits per heavy atom. The number of hydrogen-bond donors (Lipinski definition) is 3. The normalized spacial score (nSPS) is 11.0. The molecule has 0 spiro atoms. The first-order chi connectivity index (χ1) is 11.7. The lowest BCUT2D eigenvalue weighted by Crippen LogP contribution is -2.22. The number of anilines is 1. The van der Waals surface area contributed by atoms with Crippen LogP contribution in [0, 0.1) is 5.41 Å². The van der Waals surface area contributed by atoms with Crippen molar-refractivity contribution in [2.75, 3.05) is 12.8 Å². The number of benzene rings is 1. The van der Waals surface area contributed by atoms with Gasteiger partial charge >= 0.3 is 0 Å². The fourth-order valence-corrected chi connectivity index (χ4v) is 2.12. The van der Waals surface area contributed by atoms with Crippen LogP contribution < -0.4 is 11.2 Å². The van der Waals surface area contributed by atoms with Crippen molar-refractivity contribution in [3.05, 3.63) is 54.5 Å². The summed E-state index contributed by atoms with van der Waals surface area (Å²) in [6, 6.07) is 11.0. The first-order valence-corrected chi connectivity index (χ1v) is 7.08. The predicted octanol–water partition coefficient (Wildman–Crippen LogP) is 3.10. The van der Waals surface area contributed by atoms with Crippen LogP contribution in [0.15, 0.2) is 59.0 Å². The summed E-state index contributed by atoms with van der Waals surface area (Å²) in [5.74, 6) is 0.372. The van der Waals surface area contributed by atoms with E-state index in [2.05, 4.69) is 30.5 Å². The van der Waals surface area contributed by atoms with E-state index < -0.39 is 0 Å². The second-order valence-electron chi connectivity index (χ2n) is 4.86. The lowest BCUT2D eigenvalue weighted by molar-refractivity contribution is 0.144. The first-order valence-electron chi connectivity index (χ1n) is 7.08. The van der Waals surface area contributed by atoms with Gasteiger partial charge in [0.2, 0.25) is 0 Å². The Balaban J connectivity index is 1.89. The van der Waals surface area contributed by atoms with Crippen molar-refractivity contribution >= 4 is 33.8 Å². The highest BCUT2D eigenvalue weighted by molar-refractivity contribution is 5.96. The molecule has 0 saturated heterocycles. The third-order valence-corrected chi connectivity index (χ3v) is 3.27. The lowest BCUT2D eigenvalue weighted by Gasteiger charge is -2.04. The Hall–Kier alpha value is -3.39. The van der Waals surface area contributed by atoms with Crippen molar-refractivity contribution in [2.45, 2.75) is 0 Å². The molecule has 0 radical (unpaired) electrons. The molecule has 0 amide bonds. The number of azo groups is 1. The molecule has 1 aromatic carbocycles. The maximum Gasteiger partial charge on any atom is 0.168 e. The zero-order valence-corrected chi connectivity index (χ0v) is 12.9. The number of nitrogens with one attached hydrogen (secondary N) is 2. The van der Waals surface area contributed by atoms with Gasteiger partial charge in [-0.15, -0.1) is 10.2 Å². The van der Waals surface area contributed by atoms with Crippen molar-refractivity contribution in [3.63, 3.8) is 0 Å². The molecule has 0 aliphatic heterocycles. The van der Waals surface area contributed by atoms with Crippen LogP contribution in [0.25, 0.3) is 10.8 Å². The van der Waals surface area contributed by atoms with E-state index >= 15 is 0 Å². The number of pyridine rings is 2.